The topological polar surface area (TPSA) is 54.9 Å². The van der Waals surface area contributed by atoms with E-state index < -0.39 is 0 Å². The fraction of sp³-hybridized carbons (Fsp3) is 0.381. The molecule has 0 aliphatic carbocycles. The van der Waals surface area contributed by atoms with Gasteiger partial charge in [0.15, 0.2) is 17.5 Å². The van der Waals surface area contributed by atoms with Crippen LogP contribution >= 0.6 is 24.0 Å². The van der Waals surface area contributed by atoms with Gasteiger partial charge in [-0.1, -0.05) is 18.2 Å². The molecular weight excluding hydrogens is 472 g/mol. The van der Waals surface area contributed by atoms with Gasteiger partial charge in [0.05, 0.1) is 19.8 Å². The minimum absolute atomic E-state index is 0. The largest absolute Gasteiger partial charge is 0.493 e. The molecule has 0 saturated carbocycles. The van der Waals surface area contributed by atoms with Gasteiger partial charge >= 0.3 is 0 Å². The van der Waals surface area contributed by atoms with Gasteiger partial charge in [-0.15, -0.1) is 24.0 Å². The first-order chi connectivity index (χ1) is 13.0. The molecule has 0 saturated heterocycles. The van der Waals surface area contributed by atoms with Crippen LogP contribution in [-0.2, 0) is 6.54 Å². The number of hydrogen-bond acceptors (Lipinski definition) is 3. The Morgan fingerprint density at radius 1 is 1.18 bits per heavy atom. The van der Waals surface area contributed by atoms with Gasteiger partial charge in [0, 0.05) is 13.6 Å². The lowest BCUT2D eigenvalue weighted by molar-refractivity contribution is 0.310. The zero-order valence-corrected chi connectivity index (χ0v) is 19.3. The Morgan fingerprint density at radius 3 is 2.54 bits per heavy atom. The van der Waals surface area contributed by atoms with E-state index in [0.29, 0.717) is 36.2 Å². The Kier molecular flexibility index (Phi) is 10.1. The standard InChI is InChI=1S/C21H28FN3O2.HI/c1-6-27-20-11-16(8-10-19(20)26-5)13-24-21(23-4)25-15(3)17-9-7-14(2)18(22)12-17;/h7-12,15H,6,13H2,1-5H3,(H2,23,24,25);1H. The van der Waals surface area contributed by atoms with Gasteiger partial charge in [-0.05, 0) is 55.7 Å². The summed E-state index contributed by atoms with van der Waals surface area (Å²) in [4.78, 5) is 4.25. The molecule has 0 aliphatic rings. The van der Waals surface area contributed by atoms with Crippen LogP contribution in [0, 0.1) is 12.7 Å². The van der Waals surface area contributed by atoms with E-state index in [1.54, 1.807) is 33.2 Å². The second kappa shape index (κ2) is 11.7. The average Bonchev–Trinajstić information content (AvgIpc) is 2.67. The molecule has 1 atom stereocenters. The zero-order chi connectivity index (χ0) is 19.8. The van der Waals surface area contributed by atoms with Gasteiger partial charge < -0.3 is 20.1 Å². The molecule has 154 valence electrons. The first-order valence-corrected chi connectivity index (χ1v) is 9.01. The summed E-state index contributed by atoms with van der Waals surface area (Å²) in [5.41, 5.74) is 2.54. The molecule has 2 aromatic rings. The van der Waals surface area contributed by atoms with Crippen LogP contribution in [0.4, 0.5) is 4.39 Å². The lowest BCUT2D eigenvalue weighted by Gasteiger charge is -2.19. The van der Waals surface area contributed by atoms with Crippen molar-refractivity contribution in [3.63, 3.8) is 0 Å². The van der Waals surface area contributed by atoms with E-state index >= 15 is 0 Å². The number of halogens is 2. The molecule has 28 heavy (non-hydrogen) atoms. The lowest BCUT2D eigenvalue weighted by atomic mass is 10.1. The van der Waals surface area contributed by atoms with Crippen molar-refractivity contribution in [2.24, 2.45) is 4.99 Å². The average molecular weight is 501 g/mol. The van der Waals surface area contributed by atoms with Gasteiger partial charge in [0.25, 0.3) is 0 Å². The van der Waals surface area contributed by atoms with Crippen LogP contribution in [0.3, 0.4) is 0 Å². The van der Waals surface area contributed by atoms with Crippen LogP contribution in [0.5, 0.6) is 11.5 Å². The summed E-state index contributed by atoms with van der Waals surface area (Å²) >= 11 is 0. The maximum atomic E-state index is 13.8. The number of benzene rings is 2. The van der Waals surface area contributed by atoms with Gasteiger partial charge in [-0.2, -0.15) is 0 Å². The maximum absolute atomic E-state index is 13.8. The minimum atomic E-state index is -0.203. The number of nitrogens with zero attached hydrogens (tertiary/aromatic N) is 1. The van der Waals surface area contributed by atoms with Crippen LogP contribution in [0.25, 0.3) is 0 Å². The SMILES string of the molecule is CCOc1cc(CNC(=NC)NC(C)c2ccc(C)c(F)c2)ccc1OC.I. The highest BCUT2D eigenvalue weighted by Gasteiger charge is 2.10. The van der Waals surface area contributed by atoms with Crippen molar-refractivity contribution in [1.82, 2.24) is 10.6 Å². The molecule has 2 aromatic carbocycles. The second-order valence-electron chi connectivity index (χ2n) is 6.22. The molecule has 0 bridgehead atoms. The predicted molar refractivity (Wildman–Crippen MR) is 122 cm³/mol. The van der Waals surface area contributed by atoms with Crippen LogP contribution in [-0.4, -0.2) is 26.7 Å². The van der Waals surface area contributed by atoms with Crippen LogP contribution in [0.1, 0.15) is 36.6 Å². The Bertz CT molecular complexity index is 799. The van der Waals surface area contributed by atoms with Gasteiger partial charge in [0.2, 0.25) is 0 Å². The van der Waals surface area contributed by atoms with E-state index in [1.807, 2.05) is 38.1 Å². The van der Waals surface area contributed by atoms with Crippen LogP contribution in [0.15, 0.2) is 41.4 Å². The first-order valence-electron chi connectivity index (χ1n) is 9.01. The Labute approximate surface area is 183 Å². The molecule has 0 fully saturated rings. The van der Waals surface area contributed by atoms with Crippen molar-refractivity contribution in [2.45, 2.75) is 33.4 Å². The molecule has 2 rings (SSSR count). The highest BCUT2D eigenvalue weighted by molar-refractivity contribution is 14.0. The molecule has 5 nitrogen and oxygen atoms in total. The summed E-state index contributed by atoms with van der Waals surface area (Å²) in [6.07, 6.45) is 0. The third-order valence-corrected chi connectivity index (χ3v) is 4.26. The molecule has 1 unspecified atom stereocenters. The number of aliphatic imine (C=N–C) groups is 1. The minimum Gasteiger partial charge on any atom is -0.493 e. The summed E-state index contributed by atoms with van der Waals surface area (Å²) in [7, 11) is 3.33. The van der Waals surface area contributed by atoms with E-state index in [2.05, 4.69) is 15.6 Å². The molecule has 0 aliphatic heterocycles. The predicted octanol–water partition coefficient (Wildman–Crippen LogP) is 4.59. The number of methoxy groups -OCH3 is 1. The highest BCUT2D eigenvalue weighted by Crippen LogP contribution is 2.28. The number of guanidine groups is 1. The van der Waals surface area contributed by atoms with Crippen molar-refractivity contribution in [3.8, 4) is 11.5 Å². The summed E-state index contributed by atoms with van der Waals surface area (Å²) < 4.78 is 24.7. The van der Waals surface area contributed by atoms with E-state index in [0.717, 1.165) is 11.1 Å². The monoisotopic (exact) mass is 501 g/mol. The highest BCUT2D eigenvalue weighted by atomic mass is 127. The second-order valence-corrected chi connectivity index (χ2v) is 6.22. The zero-order valence-electron chi connectivity index (χ0n) is 17.0. The third-order valence-electron chi connectivity index (χ3n) is 4.26. The van der Waals surface area contributed by atoms with E-state index in [4.69, 9.17) is 9.47 Å². The van der Waals surface area contributed by atoms with Gasteiger partial charge in [0.1, 0.15) is 5.82 Å². The summed E-state index contributed by atoms with van der Waals surface area (Å²) in [5.74, 6) is 1.85. The summed E-state index contributed by atoms with van der Waals surface area (Å²) in [6, 6.07) is 11.0. The number of aryl methyl sites for hydroxylation is 1. The Hall–Kier alpha value is -2.03. The first kappa shape index (κ1) is 24.0. The summed E-state index contributed by atoms with van der Waals surface area (Å²) in [5, 5.41) is 6.55. The van der Waals surface area contributed by atoms with E-state index in [9.17, 15) is 4.39 Å². The number of ether oxygens (including phenoxy) is 2. The fourth-order valence-electron chi connectivity index (χ4n) is 2.65. The van der Waals surface area contributed by atoms with Crippen molar-refractivity contribution in [2.75, 3.05) is 20.8 Å². The molecule has 0 amide bonds. The fourth-order valence-corrected chi connectivity index (χ4v) is 2.65. The van der Waals surface area contributed by atoms with Crippen LogP contribution in [0.2, 0.25) is 0 Å². The number of nitrogens with one attached hydrogen (secondary N) is 2. The van der Waals surface area contributed by atoms with Gasteiger partial charge in [-0.25, -0.2) is 4.39 Å². The summed E-state index contributed by atoms with van der Waals surface area (Å²) in [6.45, 7) is 6.80. The van der Waals surface area contributed by atoms with Crippen molar-refractivity contribution < 1.29 is 13.9 Å². The van der Waals surface area contributed by atoms with Crippen molar-refractivity contribution in [1.29, 1.82) is 0 Å². The Balaban J connectivity index is 0.00000392. The van der Waals surface area contributed by atoms with E-state index in [-0.39, 0.29) is 35.8 Å². The van der Waals surface area contributed by atoms with E-state index in [1.165, 1.54) is 0 Å². The quantitative estimate of drug-likeness (QED) is 0.331. The lowest BCUT2D eigenvalue weighted by Crippen LogP contribution is -2.38. The molecule has 0 spiro atoms. The third kappa shape index (κ3) is 6.54. The molecule has 0 heterocycles. The number of rotatable bonds is 7. The molecule has 7 heteroatoms. The number of hydrogen-bond donors (Lipinski definition) is 2. The molecule has 0 aromatic heterocycles. The maximum Gasteiger partial charge on any atom is 0.191 e. The van der Waals surface area contributed by atoms with Crippen molar-refractivity contribution >= 4 is 29.9 Å². The van der Waals surface area contributed by atoms with Crippen molar-refractivity contribution in [3.05, 3.63) is 58.9 Å². The van der Waals surface area contributed by atoms with Crippen LogP contribution < -0.4 is 20.1 Å². The Morgan fingerprint density at radius 2 is 1.93 bits per heavy atom. The molecule has 2 N–H and O–H groups in total. The smallest absolute Gasteiger partial charge is 0.191 e. The molecular formula is C21H29FIN3O2. The normalized spacial score (nSPS) is 12.0. The molecule has 0 radical (unpaired) electrons. The van der Waals surface area contributed by atoms with Gasteiger partial charge in [-0.3, -0.25) is 4.99 Å².